The minimum absolute atomic E-state index is 0.267. The Hall–Kier alpha value is -3.72. The lowest BCUT2D eigenvalue weighted by Gasteiger charge is -2.12. The summed E-state index contributed by atoms with van der Waals surface area (Å²) < 4.78 is 15.0. The van der Waals surface area contributed by atoms with Gasteiger partial charge in [0.05, 0.1) is 16.4 Å². The zero-order chi connectivity index (χ0) is 20.0. The van der Waals surface area contributed by atoms with Crippen LogP contribution in [-0.4, -0.2) is 4.57 Å². The van der Waals surface area contributed by atoms with E-state index in [9.17, 15) is 0 Å². The van der Waals surface area contributed by atoms with E-state index in [1.54, 1.807) is 0 Å². The van der Waals surface area contributed by atoms with E-state index in [1.165, 1.54) is 21.7 Å². The van der Waals surface area contributed by atoms with E-state index < -0.39 is 0 Å². The highest BCUT2D eigenvalue weighted by atomic mass is 16.3. The molecule has 3 heteroatoms. The van der Waals surface area contributed by atoms with Gasteiger partial charge in [-0.25, -0.2) is 0 Å². The summed E-state index contributed by atoms with van der Waals surface area (Å²) >= 11 is 0. The van der Waals surface area contributed by atoms with E-state index in [2.05, 4.69) is 66.9 Å². The molecule has 3 heterocycles. The first kappa shape index (κ1) is 16.1. The minimum Gasteiger partial charge on any atom is -0.456 e. The predicted octanol–water partition coefficient (Wildman–Crippen LogP) is 8.17. The maximum atomic E-state index is 6.42. The molecule has 0 N–H and O–H groups in total. The van der Waals surface area contributed by atoms with Crippen LogP contribution < -0.4 is 0 Å². The molecular formula is C27H19NO2. The van der Waals surface area contributed by atoms with Gasteiger partial charge in [0.25, 0.3) is 0 Å². The topological polar surface area (TPSA) is 31.2 Å². The third kappa shape index (κ3) is 1.85. The number of hydrogen-bond donors (Lipinski definition) is 0. The lowest BCUT2D eigenvalue weighted by Crippen LogP contribution is -2.00. The Labute approximate surface area is 172 Å². The Balaban J connectivity index is 1.81. The highest BCUT2D eigenvalue weighted by Crippen LogP contribution is 2.44. The predicted molar refractivity (Wildman–Crippen MR) is 124 cm³/mol. The summed E-state index contributed by atoms with van der Waals surface area (Å²) in [4.78, 5) is 0. The minimum atomic E-state index is 0.267. The van der Waals surface area contributed by atoms with Gasteiger partial charge in [-0.2, -0.15) is 0 Å². The van der Waals surface area contributed by atoms with Crippen LogP contribution in [0.1, 0.15) is 19.9 Å². The van der Waals surface area contributed by atoms with E-state index in [0.717, 1.165) is 44.0 Å². The second-order valence-electron chi connectivity index (χ2n) is 8.33. The maximum Gasteiger partial charge on any atom is 0.159 e. The van der Waals surface area contributed by atoms with Crippen LogP contribution in [-0.2, 0) is 0 Å². The van der Waals surface area contributed by atoms with Gasteiger partial charge < -0.3 is 13.4 Å². The highest BCUT2D eigenvalue weighted by Gasteiger charge is 2.22. The van der Waals surface area contributed by atoms with Crippen molar-refractivity contribution in [3.8, 4) is 0 Å². The average Bonchev–Trinajstić information content (AvgIpc) is 3.42. The molecule has 0 unspecified atom stereocenters. The van der Waals surface area contributed by atoms with Crippen LogP contribution in [0.5, 0.6) is 0 Å². The van der Waals surface area contributed by atoms with Gasteiger partial charge in [0.2, 0.25) is 0 Å². The first-order chi connectivity index (χ1) is 14.7. The van der Waals surface area contributed by atoms with E-state index in [1.807, 2.05) is 24.3 Å². The van der Waals surface area contributed by atoms with Crippen LogP contribution in [0.15, 0.2) is 81.6 Å². The molecule has 0 spiro atoms. The van der Waals surface area contributed by atoms with Crippen LogP contribution in [0, 0.1) is 0 Å². The van der Waals surface area contributed by atoms with Crippen LogP contribution in [0.3, 0.4) is 0 Å². The van der Waals surface area contributed by atoms with Gasteiger partial charge in [0.15, 0.2) is 5.58 Å². The fourth-order valence-electron chi connectivity index (χ4n) is 5.13. The Kier molecular flexibility index (Phi) is 2.93. The zero-order valence-electron chi connectivity index (χ0n) is 16.8. The van der Waals surface area contributed by atoms with Crippen molar-refractivity contribution < 1.29 is 8.83 Å². The van der Waals surface area contributed by atoms with Crippen LogP contribution >= 0.6 is 0 Å². The van der Waals surface area contributed by atoms with E-state index in [4.69, 9.17) is 8.83 Å². The molecule has 0 saturated carbocycles. The molecule has 4 aromatic carbocycles. The number of nitrogens with zero attached hydrogens (tertiary/aromatic N) is 1. The molecule has 0 fully saturated rings. The lowest BCUT2D eigenvalue weighted by molar-refractivity contribution is 0.631. The van der Waals surface area contributed by atoms with Crippen molar-refractivity contribution in [1.29, 1.82) is 0 Å². The highest BCUT2D eigenvalue weighted by molar-refractivity contribution is 6.27. The van der Waals surface area contributed by atoms with Crippen LogP contribution in [0.4, 0.5) is 0 Å². The van der Waals surface area contributed by atoms with Crippen molar-refractivity contribution in [2.45, 2.75) is 19.9 Å². The molecule has 0 aliphatic rings. The molecule has 0 saturated heterocycles. The van der Waals surface area contributed by atoms with Crippen LogP contribution in [0.2, 0.25) is 0 Å². The van der Waals surface area contributed by atoms with Gasteiger partial charge in [-0.3, -0.25) is 0 Å². The first-order valence-electron chi connectivity index (χ1n) is 10.4. The molecule has 7 rings (SSSR count). The molecular weight excluding hydrogens is 370 g/mol. The summed E-state index contributed by atoms with van der Waals surface area (Å²) in [6, 6.07) is 25.6. The Morgan fingerprint density at radius 2 is 1.20 bits per heavy atom. The summed E-state index contributed by atoms with van der Waals surface area (Å²) in [6.45, 7) is 4.48. The third-order valence-corrected chi connectivity index (χ3v) is 6.33. The second kappa shape index (κ2) is 5.45. The van der Waals surface area contributed by atoms with Gasteiger partial charge >= 0.3 is 0 Å². The quantitative estimate of drug-likeness (QED) is 0.283. The second-order valence-corrected chi connectivity index (χ2v) is 8.33. The molecule has 7 aromatic rings. The van der Waals surface area contributed by atoms with E-state index >= 15 is 0 Å². The number of furan rings is 2. The SMILES string of the molecule is CC(C)n1c2c(ccc3c4ccccc4oc32)c2ccc3oc4ccccc4c3c21. The van der Waals surface area contributed by atoms with Crippen molar-refractivity contribution in [3.63, 3.8) is 0 Å². The lowest BCUT2D eigenvalue weighted by atomic mass is 10.1. The third-order valence-electron chi connectivity index (χ3n) is 6.33. The van der Waals surface area contributed by atoms with Crippen molar-refractivity contribution >= 4 is 65.7 Å². The molecule has 0 bridgehead atoms. The van der Waals surface area contributed by atoms with Gasteiger partial charge in [-0.15, -0.1) is 0 Å². The summed E-state index contributed by atoms with van der Waals surface area (Å²) in [5.41, 5.74) is 6.12. The smallest absolute Gasteiger partial charge is 0.159 e. The fraction of sp³-hybridized carbons (Fsp3) is 0.111. The fourth-order valence-corrected chi connectivity index (χ4v) is 5.13. The van der Waals surface area contributed by atoms with Gasteiger partial charge in [0.1, 0.15) is 16.7 Å². The average molecular weight is 389 g/mol. The number of para-hydroxylation sites is 2. The number of rotatable bonds is 1. The number of fused-ring (bicyclic) bond motifs is 11. The summed E-state index contributed by atoms with van der Waals surface area (Å²) in [6.07, 6.45) is 0. The largest absolute Gasteiger partial charge is 0.456 e. The van der Waals surface area contributed by atoms with Gasteiger partial charge in [-0.05, 0) is 44.2 Å². The first-order valence-corrected chi connectivity index (χ1v) is 10.4. The molecule has 144 valence electrons. The molecule has 0 aliphatic heterocycles. The van der Waals surface area contributed by atoms with Crippen molar-refractivity contribution in [2.75, 3.05) is 0 Å². The Bertz CT molecular complexity index is 1780. The van der Waals surface area contributed by atoms with Crippen molar-refractivity contribution in [2.24, 2.45) is 0 Å². The molecule has 30 heavy (non-hydrogen) atoms. The Morgan fingerprint density at radius 1 is 0.567 bits per heavy atom. The number of aromatic nitrogens is 1. The zero-order valence-corrected chi connectivity index (χ0v) is 16.8. The van der Waals surface area contributed by atoms with E-state index in [-0.39, 0.29) is 6.04 Å². The normalized spacial score (nSPS) is 12.6. The molecule has 0 atom stereocenters. The summed E-state index contributed by atoms with van der Waals surface area (Å²) in [5.74, 6) is 0. The summed E-state index contributed by atoms with van der Waals surface area (Å²) in [5, 5.41) is 7.11. The number of hydrogen-bond acceptors (Lipinski definition) is 2. The van der Waals surface area contributed by atoms with E-state index in [0.29, 0.717) is 0 Å². The van der Waals surface area contributed by atoms with Gasteiger partial charge in [-0.1, -0.05) is 42.5 Å². The summed E-state index contributed by atoms with van der Waals surface area (Å²) in [7, 11) is 0. The number of benzene rings is 4. The van der Waals surface area contributed by atoms with Crippen molar-refractivity contribution in [1.82, 2.24) is 4.57 Å². The molecule has 0 aliphatic carbocycles. The molecule has 0 amide bonds. The van der Waals surface area contributed by atoms with Crippen molar-refractivity contribution in [3.05, 3.63) is 72.8 Å². The monoisotopic (exact) mass is 389 g/mol. The molecule has 3 nitrogen and oxygen atoms in total. The standard InChI is InChI=1S/C27H19NO2/c1-15(2)28-25-17(13-14-23-24(25)20-8-4-6-10-22(20)29-23)18-11-12-19-16-7-3-5-9-21(16)30-27(19)26(18)28/h3-15H,1-2H3. The van der Waals surface area contributed by atoms with Crippen LogP contribution in [0.25, 0.3) is 65.7 Å². The Morgan fingerprint density at radius 3 is 2.00 bits per heavy atom. The molecule has 0 radical (unpaired) electrons. The van der Waals surface area contributed by atoms with Gasteiger partial charge in [0, 0.05) is 33.0 Å². The maximum absolute atomic E-state index is 6.42. The molecule has 3 aromatic heterocycles.